The van der Waals surface area contributed by atoms with Gasteiger partial charge < -0.3 is 19.3 Å². The molecule has 0 saturated heterocycles. The molecule has 0 fully saturated rings. The second-order valence-electron chi connectivity index (χ2n) is 10.7. The number of nitrogens with one attached hydrogen (secondary N) is 2. The first kappa shape index (κ1) is 27.2. The van der Waals surface area contributed by atoms with Crippen LogP contribution in [-0.2, 0) is 20.7 Å². The van der Waals surface area contributed by atoms with Crippen molar-refractivity contribution in [3.8, 4) is 11.1 Å². The highest BCUT2D eigenvalue weighted by Gasteiger charge is 2.38. The summed E-state index contributed by atoms with van der Waals surface area (Å²) in [5.74, 6) is -0.411. The molecular weight excluding hydrogens is 560 g/mol. The summed E-state index contributed by atoms with van der Waals surface area (Å²) in [6, 6.07) is 27.9. The summed E-state index contributed by atoms with van der Waals surface area (Å²) in [5.41, 5.74) is 6.79. The molecular formula is C34H28N4O6. The van der Waals surface area contributed by atoms with E-state index in [0.29, 0.717) is 29.6 Å². The van der Waals surface area contributed by atoms with Crippen molar-refractivity contribution in [1.82, 2.24) is 10.1 Å². The lowest BCUT2D eigenvalue weighted by Crippen LogP contribution is -2.45. The molecule has 0 spiro atoms. The molecule has 4 aromatic carbocycles. The molecule has 0 saturated carbocycles. The predicted molar refractivity (Wildman–Crippen MR) is 163 cm³/mol. The standard InChI is InChI=1S/C34H28N4O6/c1-42-33(40)35-28-16-8-15-26-30(28)44-37-31(26)36-32(39)29-21-10-3-2-9-20(21)17-18-38(29)34(41)43-19-27-24-13-6-4-11-22(24)23-12-5-7-14-25(23)27/h2-16,27,29H,17-19H2,1H3,(H,35,40)(H,36,37,39)/t29-/m0/s1. The maximum Gasteiger partial charge on any atom is 0.411 e. The smallest absolute Gasteiger partial charge is 0.411 e. The number of methoxy groups -OCH3 is 1. The largest absolute Gasteiger partial charge is 0.453 e. The summed E-state index contributed by atoms with van der Waals surface area (Å²) in [7, 11) is 1.26. The van der Waals surface area contributed by atoms with Gasteiger partial charge in [0.2, 0.25) is 0 Å². The minimum Gasteiger partial charge on any atom is -0.453 e. The van der Waals surface area contributed by atoms with Crippen LogP contribution in [0.1, 0.15) is 34.2 Å². The van der Waals surface area contributed by atoms with Gasteiger partial charge in [0.15, 0.2) is 11.4 Å². The molecule has 1 aliphatic heterocycles. The minimum atomic E-state index is -0.960. The van der Waals surface area contributed by atoms with Gasteiger partial charge in [-0.3, -0.25) is 15.0 Å². The van der Waals surface area contributed by atoms with Gasteiger partial charge in [0.1, 0.15) is 12.6 Å². The number of benzene rings is 4. The Morgan fingerprint density at radius 1 is 0.864 bits per heavy atom. The van der Waals surface area contributed by atoms with Gasteiger partial charge >= 0.3 is 12.2 Å². The van der Waals surface area contributed by atoms with Crippen molar-refractivity contribution in [1.29, 1.82) is 0 Å². The highest BCUT2D eigenvalue weighted by atomic mass is 16.6. The molecule has 7 rings (SSSR count). The van der Waals surface area contributed by atoms with Gasteiger partial charge in [-0.2, -0.15) is 0 Å². The molecule has 2 heterocycles. The minimum absolute atomic E-state index is 0.106. The Morgan fingerprint density at radius 3 is 2.27 bits per heavy atom. The number of hydrogen-bond acceptors (Lipinski definition) is 7. The van der Waals surface area contributed by atoms with Crippen LogP contribution >= 0.6 is 0 Å². The first-order valence-corrected chi connectivity index (χ1v) is 14.3. The second-order valence-corrected chi connectivity index (χ2v) is 10.7. The normalized spacial score (nSPS) is 15.2. The molecule has 3 amide bonds. The van der Waals surface area contributed by atoms with Crippen LogP contribution in [0.3, 0.4) is 0 Å². The van der Waals surface area contributed by atoms with Crippen molar-refractivity contribution in [2.45, 2.75) is 18.4 Å². The van der Waals surface area contributed by atoms with Gasteiger partial charge in [-0.1, -0.05) is 84.0 Å². The Hall–Kier alpha value is -5.64. The quantitative estimate of drug-likeness (QED) is 0.240. The molecule has 1 aromatic heterocycles. The number of carbonyl (C=O) groups is 3. The van der Waals surface area contributed by atoms with Crippen LogP contribution in [0.15, 0.2) is 95.5 Å². The van der Waals surface area contributed by atoms with Crippen LogP contribution in [0.5, 0.6) is 0 Å². The van der Waals surface area contributed by atoms with Crippen LogP contribution in [-0.4, -0.2) is 48.4 Å². The third-order valence-electron chi connectivity index (χ3n) is 8.26. The van der Waals surface area contributed by atoms with E-state index in [4.69, 9.17) is 9.26 Å². The molecule has 1 aliphatic carbocycles. The lowest BCUT2D eigenvalue weighted by atomic mass is 9.92. The summed E-state index contributed by atoms with van der Waals surface area (Å²) in [6.45, 7) is 0.446. The van der Waals surface area contributed by atoms with E-state index in [2.05, 4.69) is 44.8 Å². The summed E-state index contributed by atoms with van der Waals surface area (Å²) >= 11 is 0. The number of rotatable bonds is 5. The van der Waals surface area contributed by atoms with E-state index in [-0.39, 0.29) is 23.9 Å². The maximum atomic E-state index is 14.0. The maximum absolute atomic E-state index is 14.0. The second kappa shape index (κ2) is 11.2. The van der Waals surface area contributed by atoms with Crippen molar-refractivity contribution in [2.24, 2.45) is 0 Å². The average Bonchev–Trinajstić information content (AvgIpc) is 3.62. The van der Waals surface area contributed by atoms with Crippen molar-refractivity contribution in [3.63, 3.8) is 0 Å². The monoisotopic (exact) mass is 588 g/mol. The highest BCUT2D eigenvalue weighted by Crippen LogP contribution is 2.44. The van der Waals surface area contributed by atoms with Crippen molar-refractivity contribution in [2.75, 3.05) is 30.9 Å². The van der Waals surface area contributed by atoms with E-state index in [1.54, 1.807) is 18.2 Å². The molecule has 0 radical (unpaired) electrons. The number of nitrogens with zero attached hydrogens (tertiary/aromatic N) is 2. The van der Waals surface area contributed by atoms with E-state index in [9.17, 15) is 14.4 Å². The number of aromatic nitrogens is 1. The molecule has 5 aromatic rings. The number of hydrogen-bond donors (Lipinski definition) is 2. The third-order valence-corrected chi connectivity index (χ3v) is 8.26. The molecule has 2 aliphatic rings. The van der Waals surface area contributed by atoms with Crippen LogP contribution in [0.2, 0.25) is 0 Å². The van der Waals surface area contributed by atoms with Crippen LogP contribution in [0.25, 0.3) is 22.1 Å². The lowest BCUT2D eigenvalue weighted by molar-refractivity contribution is -0.121. The van der Waals surface area contributed by atoms with E-state index >= 15 is 0 Å². The molecule has 1 atom stereocenters. The lowest BCUT2D eigenvalue weighted by Gasteiger charge is -2.35. The fraction of sp³-hybridized carbons (Fsp3) is 0.176. The van der Waals surface area contributed by atoms with Gasteiger partial charge in [0, 0.05) is 12.5 Å². The van der Waals surface area contributed by atoms with Gasteiger partial charge in [0.05, 0.1) is 18.2 Å². The predicted octanol–water partition coefficient (Wildman–Crippen LogP) is 6.49. The highest BCUT2D eigenvalue weighted by molar-refractivity contribution is 6.06. The first-order chi connectivity index (χ1) is 21.5. The molecule has 10 heteroatoms. The molecule has 220 valence electrons. The SMILES string of the molecule is COC(=O)Nc1cccc2c(NC(=O)[C@@H]3c4ccccc4CCN3C(=O)OCC3c4ccccc4-c4ccccc43)noc12. The molecule has 44 heavy (non-hydrogen) atoms. The summed E-state index contributed by atoms with van der Waals surface area (Å²) in [5, 5.41) is 9.94. The number of fused-ring (bicyclic) bond motifs is 5. The number of amides is 3. The molecule has 0 bridgehead atoms. The van der Waals surface area contributed by atoms with Crippen molar-refractivity contribution >= 4 is 40.6 Å². The van der Waals surface area contributed by atoms with Crippen LogP contribution in [0, 0.1) is 0 Å². The number of para-hydroxylation sites is 1. The van der Waals surface area contributed by atoms with Gasteiger partial charge in [-0.15, -0.1) is 0 Å². The Kier molecular flexibility index (Phi) is 6.94. The van der Waals surface area contributed by atoms with E-state index in [1.807, 2.05) is 48.5 Å². The van der Waals surface area contributed by atoms with Gasteiger partial charge in [-0.25, -0.2) is 9.59 Å². The third kappa shape index (κ3) is 4.70. The van der Waals surface area contributed by atoms with Crippen LogP contribution < -0.4 is 10.6 Å². The Morgan fingerprint density at radius 2 is 1.55 bits per heavy atom. The van der Waals surface area contributed by atoms with E-state index in [1.165, 1.54) is 12.0 Å². The van der Waals surface area contributed by atoms with Crippen molar-refractivity contribution < 1.29 is 28.4 Å². The number of anilines is 2. The zero-order chi connectivity index (χ0) is 30.2. The average molecular weight is 589 g/mol. The summed E-state index contributed by atoms with van der Waals surface area (Å²) in [4.78, 5) is 40.9. The topological polar surface area (TPSA) is 123 Å². The fourth-order valence-corrected chi connectivity index (χ4v) is 6.22. The summed E-state index contributed by atoms with van der Waals surface area (Å²) in [6.07, 6.45) is -0.660. The number of carbonyl (C=O) groups excluding carboxylic acids is 3. The van der Waals surface area contributed by atoms with Gasteiger partial charge in [0.25, 0.3) is 5.91 Å². The zero-order valence-corrected chi connectivity index (χ0v) is 23.8. The Labute approximate surface area is 252 Å². The van der Waals surface area contributed by atoms with Gasteiger partial charge in [-0.05, 0) is 51.9 Å². The van der Waals surface area contributed by atoms with E-state index < -0.39 is 24.1 Å². The molecule has 0 unspecified atom stereocenters. The molecule has 10 nitrogen and oxygen atoms in total. The number of ether oxygens (including phenoxy) is 2. The van der Waals surface area contributed by atoms with E-state index in [0.717, 1.165) is 27.8 Å². The Bertz CT molecular complexity index is 1870. The zero-order valence-electron chi connectivity index (χ0n) is 23.8. The van der Waals surface area contributed by atoms with Crippen LogP contribution in [0.4, 0.5) is 21.1 Å². The Balaban J connectivity index is 1.15. The first-order valence-electron chi connectivity index (χ1n) is 14.3. The molecule has 2 N–H and O–H groups in total. The summed E-state index contributed by atoms with van der Waals surface area (Å²) < 4.78 is 16.1. The fourth-order valence-electron chi connectivity index (χ4n) is 6.22. The van der Waals surface area contributed by atoms with Crippen molar-refractivity contribution in [3.05, 3.63) is 113 Å².